The maximum atomic E-state index is 13.1. The van der Waals surface area contributed by atoms with Gasteiger partial charge in [-0.1, -0.05) is 30.3 Å². The minimum absolute atomic E-state index is 0.0238. The Morgan fingerprint density at radius 1 is 1.00 bits per heavy atom. The van der Waals surface area contributed by atoms with Crippen molar-refractivity contribution >= 4 is 11.9 Å². The summed E-state index contributed by atoms with van der Waals surface area (Å²) in [5.41, 5.74) is 4.91. The number of benzene rings is 2. The number of carbonyl (C=O) groups is 2. The van der Waals surface area contributed by atoms with Crippen LogP contribution in [0.5, 0.6) is 5.75 Å². The minimum Gasteiger partial charge on any atom is -0.493 e. The first-order valence-electron chi connectivity index (χ1n) is 12.2. The Bertz CT molecular complexity index is 1420. The number of fused-ring (bicyclic) bond motifs is 1. The van der Waals surface area contributed by atoms with Gasteiger partial charge >= 0.3 is 5.97 Å². The van der Waals surface area contributed by atoms with Gasteiger partial charge in [-0.2, -0.15) is 0 Å². The Labute approximate surface area is 214 Å². The number of pyridine rings is 1. The van der Waals surface area contributed by atoms with Crippen LogP contribution in [-0.2, 0) is 30.7 Å². The fourth-order valence-electron chi connectivity index (χ4n) is 4.56. The lowest BCUT2D eigenvalue weighted by atomic mass is 9.99. The Morgan fingerprint density at radius 2 is 1.78 bits per heavy atom. The standard InChI is InChI=1S/C29H27N3O5/c1-19-24(31-28(37-19)21-7-3-2-4-8-21)14-16-36-26-12-10-20(11-13-27(33)34)22-17-32(18-23(22)26)29(35)25-9-5-6-15-30-25/h2-10,12,15H,11,13-14,16-18H2,1H3,(H,33,34). The molecule has 0 aliphatic carbocycles. The maximum Gasteiger partial charge on any atom is 0.303 e. The molecule has 4 aromatic rings. The molecule has 2 aromatic carbocycles. The van der Waals surface area contributed by atoms with Crippen LogP contribution in [0.1, 0.15) is 45.1 Å². The third kappa shape index (κ3) is 5.38. The number of ether oxygens (including phenoxy) is 1. The van der Waals surface area contributed by atoms with Crippen molar-refractivity contribution < 1.29 is 23.8 Å². The van der Waals surface area contributed by atoms with E-state index in [0.717, 1.165) is 33.7 Å². The van der Waals surface area contributed by atoms with Crippen molar-refractivity contribution in [3.05, 3.63) is 101 Å². The molecule has 1 aliphatic heterocycles. The number of carboxylic acid groups (broad SMARTS) is 1. The molecular weight excluding hydrogens is 470 g/mol. The average molecular weight is 498 g/mol. The number of carboxylic acids is 1. The number of aromatic nitrogens is 2. The SMILES string of the molecule is Cc1oc(-c2ccccc2)nc1CCOc1ccc(CCC(=O)O)c2c1CN(C(=O)c1ccccn1)C2. The van der Waals surface area contributed by atoms with Gasteiger partial charge in [-0.05, 0) is 54.8 Å². The summed E-state index contributed by atoms with van der Waals surface area (Å²) in [7, 11) is 0. The van der Waals surface area contributed by atoms with Crippen LogP contribution in [0.3, 0.4) is 0 Å². The third-order valence-corrected chi connectivity index (χ3v) is 6.47. The molecule has 0 spiro atoms. The van der Waals surface area contributed by atoms with Crippen molar-refractivity contribution in [1.29, 1.82) is 0 Å². The van der Waals surface area contributed by atoms with E-state index >= 15 is 0 Å². The van der Waals surface area contributed by atoms with E-state index in [0.29, 0.717) is 49.9 Å². The Kier molecular flexibility index (Phi) is 6.98. The number of hydrogen-bond donors (Lipinski definition) is 1. The number of aliphatic carboxylic acids is 1. The lowest BCUT2D eigenvalue weighted by Gasteiger charge is -2.15. The molecule has 0 unspecified atom stereocenters. The molecular formula is C29H27N3O5. The van der Waals surface area contributed by atoms with Crippen molar-refractivity contribution in [2.75, 3.05) is 6.61 Å². The van der Waals surface area contributed by atoms with E-state index in [1.165, 1.54) is 0 Å². The summed E-state index contributed by atoms with van der Waals surface area (Å²) in [5.74, 6) is 1.00. The highest BCUT2D eigenvalue weighted by Gasteiger charge is 2.29. The van der Waals surface area contributed by atoms with Crippen LogP contribution in [-0.4, -0.2) is 38.5 Å². The predicted octanol–water partition coefficient (Wildman–Crippen LogP) is 4.84. The lowest BCUT2D eigenvalue weighted by Crippen LogP contribution is -2.26. The first-order valence-corrected chi connectivity index (χ1v) is 12.2. The monoisotopic (exact) mass is 497 g/mol. The number of aryl methyl sites for hydroxylation is 2. The fraction of sp³-hybridized carbons (Fsp3) is 0.241. The van der Waals surface area contributed by atoms with E-state index < -0.39 is 5.97 Å². The van der Waals surface area contributed by atoms with E-state index in [1.807, 2.05) is 49.4 Å². The van der Waals surface area contributed by atoms with Crippen molar-refractivity contribution in [2.45, 2.75) is 39.3 Å². The summed E-state index contributed by atoms with van der Waals surface area (Å²) in [6, 6.07) is 18.8. The number of carbonyl (C=O) groups excluding carboxylic acids is 1. The maximum absolute atomic E-state index is 13.1. The van der Waals surface area contributed by atoms with E-state index in [2.05, 4.69) is 9.97 Å². The van der Waals surface area contributed by atoms with Gasteiger partial charge in [-0.15, -0.1) is 0 Å². The highest BCUT2D eigenvalue weighted by molar-refractivity contribution is 5.92. The second-order valence-electron chi connectivity index (χ2n) is 8.94. The first kappa shape index (κ1) is 24.2. The Morgan fingerprint density at radius 3 is 2.54 bits per heavy atom. The van der Waals surface area contributed by atoms with Crippen LogP contribution in [0, 0.1) is 6.92 Å². The van der Waals surface area contributed by atoms with Crippen LogP contribution >= 0.6 is 0 Å². The molecule has 0 bridgehead atoms. The van der Waals surface area contributed by atoms with Gasteiger partial charge in [0.1, 0.15) is 17.2 Å². The highest BCUT2D eigenvalue weighted by Crippen LogP contribution is 2.35. The largest absolute Gasteiger partial charge is 0.493 e. The molecule has 1 N–H and O–H groups in total. The molecule has 8 heteroatoms. The van der Waals surface area contributed by atoms with Crippen LogP contribution in [0.25, 0.3) is 11.5 Å². The second-order valence-corrected chi connectivity index (χ2v) is 8.94. The van der Waals surface area contributed by atoms with Gasteiger partial charge in [0.15, 0.2) is 0 Å². The van der Waals surface area contributed by atoms with Crippen LogP contribution < -0.4 is 4.74 Å². The summed E-state index contributed by atoms with van der Waals surface area (Å²) in [6.45, 7) is 3.05. The van der Waals surface area contributed by atoms with Gasteiger partial charge in [0.2, 0.25) is 5.89 Å². The molecule has 3 heterocycles. The average Bonchev–Trinajstić information content (AvgIpc) is 3.53. The Balaban J connectivity index is 1.32. The zero-order valence-corrected chi connectivity index (χ0v) is 20.5. The molecule has 8 nitrogen and oxygen atoms in total. The molecule has 5 rings (SSSR count). The predicted molar refractivity (Wildman–Crippen MR) is 136 cm³/mol. The topological polar surface area (TPSA) is 106 Å². The highest BCUT2D eigenvalue weighted by atomic mass is 16.5. The lowest BCUT2D eigenvalue weighted by molar-refractivity contribution is -0.136. The fourth-order valence-corrected chi connectivity index (χ4v) is 4.56. The quantitative estimate of drug-likeness (QED) is 0.353. The normalized spacial score (nSPS) is 12.4. The number of nitrogens with zero attached hydrogens (tertiary/aromatic N) is 3. The Hall–Kier alpha value is -4.46. The molecule has 37 heavy (non-hydrogen) atoms. The molecule has 0 radical (unpaired) electrons. The van der Waals surface area contributed by atoms with E-state index in [9.17, 15) is 14.7 Å². The molecule has 188 valence electrons. The molecule has 2 aromatic heterocycles. The van der Waals surface area contributed by atoms with Gasteiger partial charge in [-0.3, -0.25) is 14.6 Å². The van der Waals surface area contributed by atoms with Crippen molar-refractivity contribution in [2.24, 2.45) is 0 Å². The molecule has 0 atom stereocenters. The second kappa shape index (κ2) is 10.7. The third-order valence-electron chi connectivity index (χ3n) is 6.47. The molecule has 0 saturated heterocycles. The van der Waals surface area contributed by atoms with Crippen molar-refractivity contribution in [1.82, 2.24) is 14.9 Å². The zero-order chi connectivity index (χ0) is 25.8. The van der Waals surface area contributed by atoms with Gasteiger partial charge in [0.05, 0.1) is 18.8 Å². The van der Waals surface area contributed by atoms with Gasteiger partial charge < -0.3 is 19.2 Å². The molecule has 1 aliphatic rings. The summed E-state index contributed by atoms with van der Waals surface area (Å²) in [4.78, 5) is 34.8. The van der Waals surface area contributed by atoms with Crippen molar-refractivity contribution in [3.63, 3.8) is 0 Å². The first-order chi connectivity index (χ1) is 18.0. The molecule has 0 fully saturated rings. The van der Waals surface area contributed by atoms with E-state index in [1.54, 1.807) is 29.3 Å². The van der Waals surface area contributed by atoms with E-state index in [-0.39, 0.29) is 12.3 Å². The van der Waals surface area contributed by atoms with E-state index in [4.69, 9.17) is 9.15 Å². The number of oxazole rings is 1. The zero-order valence-electron chi connectivity index (χ0n) is 20.5. The van der Waals surface area contributed by atoms with Crippen LogP contribution in [0.2, 0.25) is 0 Å². The number of hydrogen-bond acceptors (Lipinski definition) is 6. The molecule has 0 saturated carbocycles. The van der Waals surface area contributed by atoms with Crippen LogP contribution in [0.4, 0.5) is 0 Å². The summed E-state index contributed by atoms with van der Waals surface area (Å²) >= 11 is 0. The van der Waals surface area contributed by atoms with Gasteiger partial charge in [0.25, 0.3) is 5.91 Å². The van der Waals surface area contributed by atoms with Gasteiger partial charge in [0, 0.05) is 36.7 Å². The minimum atomic E-state index is -0.855. The summed E-state index contributed by atoms with van der Waals surface area (Å²) in [5, 5.41) is 9.18. The summed E-state index contributed by atoms with van der Waals surface area (Å²) in [6.07, 6.45) is 2.58. The van der Waals surface area contributed by atoms with Crippen molar-refractivity contribution in [3.8, 4) is 17.2 Å². The number of amides is 1. The summed E-state index contributed by atoms with van der Waals surface area (Å²) < 4.78 is 12.0. The van der Waals surface area contributed by atoms with Gasteiger partial charge in [-0.25, -0.2) is 4.98 Å². The van der Waals surface area contributed by atoms with Crippen LogP contribution in [0.15, 0.2) is 71.3 Å². The smallest absolute Gasteiger partial charge is 0.303 e. The molecule has 1 amide bonds. The number of rotatable bonds is 9.